The molecule has 0 N–H and O–H groups in total. The Hall–Kier alpha value is -2.43. The first-order valence-corrected chi connectivity index (χ1v) is 12.8. The maximum atomic E-state index is 12.8. The average molecular weight is 459 g/mol. The molecule has 0 unspecified atom stereocenters. The lowest BCUT2D eigenvalue weighted by molar-refractivity contribution is 0.215. The van der Waals surface area contributed by atoms with Crippen LogP contribution in [0.4, 0.5) is 0 Å². The largest absolute Gasteiger partial charge is 0.489 e. The smallest absolute Gasteiger partial charge is 0.383 e. The molecule has 33 heavy (non-hydrogen) atoms. The standard InChI is InChI=1S/C28H42O5/c1-5-7-9-11-12-13-14-16-21-31-27-26(32-22(3)4)23-18-17-19-24(25(23)33-28(27)29)30-20-15-10-8-6-2/h8,10,17-19,22H,5-7,9,11-16,20-21H2,1-4H3. The van der Waals surface area contributed by atoms with Crippen molar-refractivity contribution in [2.75, 3.05) is 13.2 Å². The highest BCUT2D eigenvalue weighted by Crippen LogP contribution is 2.37. The third kappa shape index (κ3) is 9.15. The Kier molecular flexibility index (Phi) is 12.5. The minimum Gasteiger partial charge on any atom is -0.489 e. The van der Waals surface area contributed by atoms with E-state index in [0.717, 1.165) is 25.7 Å². The predicted molar refractivity (Wildman–Crippen MR) is 136 cm³/mol. The van der Waals surface area contributed by atoms with E-state index >= 15 is 0 Å². The Labute approximate surface area is 199 Å². The molecule has 0 amide bonds. The minimum atomic E-state index is -0.528. The number of hydrogen-bond acceptors (Lipinski definition) is 5. The Bertz CT molecular complexity index is 897. The van der Waals surface area contributed by atoms with E-state index in [9.17, 15) is 4.79 Å². The first-order chi connectivity index (χ1) is 16.1. The van der Waals surface area contributed by atoms with Crippen LogP contribution in [0.5, 0.6) is 17.2 Å². The molecule has 0 aliphatic rings. The molecule has 1 heterocycles. The van der Waals surface area contributed by atoms with Gasteiger partial charge in [-0.3, -0.25) is 0 Å². The van der Waals surface area contributed by atoms with Gasteiger partial charge in [0.1, 0.15) is 0 Å². The van der Waals surface area contributed by atoms with Gasteiger partial charge in [0.2, 0.25) is 5.75 Å². The van der Waals surface area contributed by atoms with Crippen molar-refractivity contribution in [2.24, 2.45) is 0 Å². The van der Waals surface area contributed by atoms with Crippen molar-refractivity contribution in [3.05, 3.63) is 40.8 Å². The number of allylic oxidation sites excluding steroid dienone is 1. The summed E-state index contributed by atoms with van der Waals surface area (Å²) in [6.45, 7) is 9.18. The van der Waals surface area contributed by atoms with Crippen molar-refractivity contribution in [1.82, 2.24) is 0 Å². The van der Waals surface area contributed by atoms with Gasteiger partial charge in [-0.1, -0.05) is 77.0 Å². The number of rotatable bonds is 17. The highest BCUT2D eigenvalue weighted by atomic mass is 16.5. The van der Waals surface area contributed by atoms with Crippen LogP contribution >= 0.6 is 0 Å². The zero-order chi connectivity index (χ0) is 23.9. The molecule has 2 aromatic rings. The molecule has 2 rings (SSSR count). The van der Waals surface area contributed by atoms with E-state index < -0.39 is 5.63 Å². The number of ether oxygens (including phenoxy) is 3. The van der Waals surface area contributed by atoms with Gasteiger partial charge in [0.15, 0.2) is 17.1 Å². The SMILES string of the molecule is CCC=CCCOc1cccc2c(OC(C)C)c(OCCCCCCCCCC)c(=O)oc12. The van der Waals surface area contributed by atoms with Crippen molar-refractivity contribution in [3.63, 3.8) is 0 Å². The number of hydrogen-bond donors (Lipinski definition) is 0. The van der Waals surface area contributed by atoms with Crippen LogP contribution in [0.1, 0.15) is 91.9 Å². The van der Waals surface area contributed by atoms with Gasteiger partial charge in [-0.15, -0.1) is 0 Å². The van der Waals surface area contributed by atoms with Crippen LogP contribution in [0, 0.1) is 0 Å². The highest BCUT2D eigenvalue weighted by Gasteiger charge is 2.21. The fraction of sp³-hybridized carbons (Fsp3) is 0.607. The normalized spacial score (nSPS) is 11.5. The van der Waals surface area contributed by atoms with Crippen LogP contribution < -0.4 is 19.8 Å². The Morgan fingerprint density at radius 3 is 2.30 bits per heavy atom. The summed E-state index contributed by atoms with van der Waals surface area (Å²) in [5.41, 5.74) is -0.128. The molecule has 1 aromatic heterocycles. The van der Waals surface area contributed by atoms with Gasteiger partial charge in [0.25, 0.3) is 0 Å². The van der Waals surface area contributed by atoms with Gasteiger partial charge in [-0.2, -0.15) is 0 Å². The summed E-state index contributed by atoms with van der Waals surface area (Å²) in [6, 6.07) is 5.58. The summed E-state index contributed by atoms with van der Waals surface area (Å²) in [4.78, 5) is 12.8. The second-order valence-electron chi connectivity index (χ2n) is 8.69. The molecule has 0 saturated carbocycles. The third-order valence-electron chi connectivity index (χ3n) is 5.35. The number of unbranched alkanes of at least 4 members (excludes halogenated alkanes) is 7. The highest BCUT2D eigenvalue weighted by molar-refractivity contribution is 5.89. The van der Waals surface area contributed by atoms with Crippen LogP contribution in [-0.2, 0) is 0 Å². The van der Waals surface area contributed by atoms with Crippen LogP contribution in [0.15, 0.2) is 39.6 Å². The molecule has 0 aliphatic heterocycles. The second-order valence-corrected chi connectivity index (χ2v) is 8.69. The molecule has 0 radical (unpaired) electrons. The van der Waals surface area contributed by atoms with Crippen LogP contribution in [0.3, 0.4) is 0 Å². The van der Waals surface area contributed by atoms with Gasteiger partial charge in [0.05, 0.1) is 24.7 Å². The lowest BCUT2D eigenvalue weighted by atomic mass is 10.1. The molecular weight excluding hydrogens is 416 g/mol. The Balaban J connectivity index is 2.08. The molecule has 1 aromatic carbocycles. The van der Waals surface area contributed by atoms with Crippen LogP contribution in [-0.4, -0.2) is 19.3 Å². The fourth-order valence-corrected chi connectivity index (χ4v) is 3.68. The summed E-state index contributed by atoms with van der Waals surface area (Å²) in [6.07, 6.45) is 15.6. The Morgan fingerprint density at radius 1 is 0.879 bits per heavy atom. The molecule has 0 bridgehead atoms. The van der Waals surface area contributed by atoms with E-state index in [4.69, 9.17) is 18.6 Å². The molecule has 0 saturated heterocycles. The molecule has 5 nitrogen and oxygen atoms in total. The average Bonchev–Trinajstić information content (AvgIpc) is 2.79. The zero-order valence-corrected chi connectivity index (χ0v) is 21.0. The topological polar surface area (TPSA) is 57.9 Å². The van der Waals surface area contributed by atoms with E-state index in [2.05, 4.69) is 26.0 Å². The van der Waals surface area contributed by atoms with E-state index in [-0.39, 0.29) is 11.9 Å². The van der Waals surface area contributed by atoms with E-state index in [0.29, 0.717) is 35.7 Å². The minimum absolute atomic E-state index is 0.107. The van der Waals surface area contributed by atoms with Gasteiger partial charge in [0, 0.05) is 0 Å². The van der Waals surface area contributed by atoms with E-state index in [1.165, 1.54) is 38.5 Å². The molecule has 0 spiro atoms. The zero-order valence-electron chi connectivity index (χ0n) is 21.0. The maximum Gasteiger partial charge on any atom is 0.383 e. The fourth-order valence-electron chi connectivity index (χ4n) is 3.68. The predicted octanol–water partition coefficient (Wildman–Crippen LogP) is 7.83. The monoisotopic (exact) mass is 458 g/mol. The Morgan fingerprint density at radius 2 is 1.61 bits per heavy atom. The van der Waals surface area contributed by atoms with Crippen LogP contribution in [0.2, 0.25) is 0 Å². The molecule has 0 aliphatic carbocycles. The first-order valence-electron chi connectivity index (χ1n) is 12.8. The van der Waals surface area contributed by atoms with Crippen molar-refractivity contribution in [3.8, 4) is 17.2 Å². The molecular formula is C28H42O5. The quantitative estimate of drug-likeness (QED) is 0.137. The number of fused-ring (bicyclic) bond motifs is 1. The summed E-state index contributed by atoms with van der Waals surface area (Å²) < 4.78 is 23.5. The van der Waals surface area contributed by atoms with E-state index in [1.807, 2.05) is 32.0 Å². The third-order valence-corrected chi connectivity index (χ3v) is 5.35. The first kappa shape index (κ1) is 26.8. The van der Waals surface area contributed by atoms with Crippen molar-refractivity contribution >= 4 is 11.0 Å². The molecule has 0 atom stereocenters. The molecule has 184 valence electrons. The van der Waals surface area contributed by atoms with Crippen molar-refractivity contribution in [2.45, 2.75) is 98.0 Å². The van der Waals surface area contributed by atoms with Gasteiger partial charge < -0.3 is 18.6 Å². The number of para-hydroxylation sites is 1. The molecule has 0 fully saturated rings. The van der Waals surface area contributed by atoms with E-state index in [1.54, 1.807) is 0 Å². The van der Waals surface area contributed by atoms with Crippen LogP contribution in [0.25, 0.3) is 11.0 Å². The van der Waals surface area contributed by atoms with Gasteiger partial charge >= 0.3 is 5.63 Å². The van der Waals surface area contributed by atoms with Crippen molar-refractivity contribution in [1.29, 1.82) is 0 Å². The summed E-state index contributed by atoms with van der Waals surface area (Å²) in [5.74, 6) is 1.13. The number of benzene rings is 1. The summed E-state index contributed by atoms with van der Waals surface area (Å²) in [7, 11) is 0. The summed E-state index contributed by atoms with van der Waals surface area (Å²) >= 11 is 0. The lowest BCUT2D eigenvalue weighted by Gasteiger charge is -2.17. The summed E-state index contributed by atoms with van der Waals surface area (Å²) in [5, 5.41) is 0.691. The second kappa shape index (κ2) is 15.4. The van der Waals surface area contributed by atoms with Gasteiger partial charge in [-0.05, 0) is 45.2 Å². The molecule has 5 heteroatoms. The van der Waals surface area contributed by atoms with Crippen molar-refractivity contribution < 1.29 is 18.6 Å². The van der Waals surface area contributed by atoms with Gasteiger partial charge in [-0.25, -0.2) is 4.79 Å². The lowest BCUT2D eigenvalue weighted by Crippen LogP contribution is -2.14. The maximum absolute atomic E-state index is 12.8.